The van der Waals surface area contributed by atoms with E-state index in [1.807, 2.05) is 0 Å². The van der Waals surface area contributed by atoms with E-state index in [4.69, 9.17) is 0 Å². The molecule has 32 heavy (non-hydrogen) atoms. The molecule has 2 saturated heterocycles. The summed E-state index contributed by atoms with van der Waals surface area (Å²) in [6.45, 7) is 5.94. The molecule has 1 N–H and O–H groups in total. The van der Waals surface area contributed by atoms with Crippen LogP contribution in [0.25, 0.3) is 0 Å². The Bertz CT molecular complexity index is 1040. The van der Waals surface area contributed by atoms with Crippen molar-refractivity contribution in [2.75, 3.05) is 56.5 Å². The molecule has 4 rings (SSSR count). The minimum atomic E-state index is -0.362. The molecule has 2 aliphatic heterocycles. The lowest BCUT2D eigenvalue weighted by Gasteiger charge is -2.42. The zero-order valence-electron chi connectivity index (χ0n) is 18.3. The third kappa shape index (κ3) is 4.94. The van der Waals surface area contributed by atoms with Crippen molar-refractivity contribution in [2.45, 2.75) is 18.9 Å². The van der Waals surface area contributed by atoms with Crippen LogP contribution in [0.4, 0.5) is 22.9 Å². The third-order valence-electron chi connectivity index (χ3n) is 6.34. The van der Waals surface area contributed by atoms with Gasteiger partial charge in [0.2, 0.25) is 0 Å². The van der Waals surface area contributed by atoms with E-state index in [0.717, 1.165) is 52.1 Å². The third-order valence-corrected chi connectivity index (χ3v) is 6.72. The predicted molar refractivity (Wildman–Crippen MR) is 128 cm³/mol. The van der Waals surface area contributed by atoms with Crippen LogP contribution in [0.2, 0.25) is 0 Å². The summed E-state index contributed by atoms with van der Waals surface area (Å²) in [5.74, 6) is 0.108. The standard InChI is InChI=1S/C21H28BrN7O3/c1-25-9-11-27(12-10-25)16-5-7-28(8-6-16)17-4-3-15(13-18(17)29(31)32)23-20-21(30)26(2)14-19(22)24-20/h3-4,13-14,16H,5-12H2,1-2H3,(H,23,24). The number of piperidine rings is 1. The number of benzene rings is 1. The molecule has 2 aromatic rings. The second kappa shape index (κ2) is 9.55. The van der Waals surface area contributed by atoms with Gasteiger partial charge in [-0.1, -0.05) is 0 Å². The van der Waals surface area contributed by atoms with Crippen molar-refractivity contribution in [3.05, 3.63) is 49.5 Å². The van der Waals surface area contributed by atoms with Gasteiger partial charge in [-0.25, -0.2) is 4.98 Å². The average Bonchev–Trinajstić information content (AvgIpc) is 2.78. The molecular formula is C21H28BrN7O3. The Labute approximate surface area is 195 Å². The second-order valence-electron chi connectivity index (χ2n) is 8.47. The molecule has 11 heteroatoms. The molecular weight excluding hydrogens is 478 g/mol. The fraction of sp³-hybridized carbons (Fsp3) is 0.524. The SMILES string of the molecule is CN1CCN(C2CCN(c3ccc(Nc4nc(Br)cn(C)c4=O)cc3[N+](=O)[O-])CC2)CC1. The van der Waals surface area contributed by atoms with Crippen molar-refractivity contribution < 1.29 is 4.92 Å². The van der Waals surface area contributed by atoms with Crippen molar-refractivity contribution >= 4 is 38.8 Å². The molecule has 0 unspecified atom stereocenters. The van der Waals surface area contributed by atoms with Crippen molar-refractivity contribution in [3.63, 3.8) is 0 Å². The summed E-state index contributed by atoms with van der Waals surface area (Å²) in [7, 11) is 3.78. The lowest BCUT2D eigenvalue weighted by Crippen LogP contribution is -2.52. The first-order valence-electron chi connectivity index (χ1n) is 10.8. The highest BCUT2D eigenvalue weighted by Crippen LogP contribution is 2.34. The number of halogens is 1. The topological polar surface area (TPSA) is 99.8 Å². The molecule has 0 bridgehead atoms. The number of likely N-dealkylation sites (N-methyl/N-ethyl adjacent to an activating group) is 1. The lowest BCUT2D eigenvalue weighted by atomic mass is 10.0. The minimum absolute atomic E-state index is 0.0277. The van der Waals surface area contributed by atoms with Crippen molar-refractivity contribution in [1.82, 2.24) is 19.4 Å². The van der Waals surface area contributed by atoms with Crippen LogP contribution in [-0.4, -0.2) is 76.6 Å². The maximum atomic E-state index is 12.3. The first-order valence-corrected chi connectivity index (χ1v) is 11.6. The summed E-state index contributed by atoms with van der Waals surface area (Å²) in [4.78, 5) is 35.0. The van der Waals surface area contributed by atoms with Gasteiger partial charge in [0, 0.05) is 70.3 Å². The van der Waals surface area contributed by atoms with Crippen LogP contribution in [-0.2, 0) is 7.05 Å². The van der Waals surface area contributed by atoms with E-state index in [2.05, 4.69) is 48.0 Å². The van der Waals surface area contributed by atoms with Gasteiger partial charge in [0.1, 0.15) is 10.3 Å². The molecule has 0 saturated carbocycles. The van der Waals surface area contributed by atoms with E-state index in [1.165, 1.54) is 10.6 Å². The number of piperazine rings is 1. The maximum Gasteiger partial charge on any atom is 0.294 e. The summed E-state index contributed by atoms with van der Waals surface area (Å²) >= 11 is 3.27. The van der Waals surface area contributed by atoms with Gasteiger partial charge in [-0.2, -0.15) is 0 Å². The van der Waals surface area contributed by atoms with Gasteiger partial charge in [-0.15, -0.1) is 0 Å². The molecule has 0 spiro atoms. The molecule has 2 fully saturated rings. The van der Waals surface area contributed by atoms with E-state index in [-0.39, 0.29) is 22.0 Å². The summed E-state index contributed by atoms with van der Waals surface area (Å²) in [6, 6.07) is 5.54. The molecule has 10 nitrogen and oxygen atoms in total. The van der Waals surface area contributed by atoms with E-state index in [9.17, 15) is 14.9 Å². The Morgan fingerprint density at radius 2 is 1.81 bits per heavy atom. The van der Waals surface area contributed by atoms with E-state index in [0.29, 0.717) is 22.0 Å². The number of hydrogen-bond acceptors (Lipinski definition) is 8. The van der Waals surface area contributed by atoms with E-state index >= 15 is 0 Å². The second-order valence-corrected chi connectivity index (χ2v) is 9.28. The Balaban J connectivity index is 1.48. The number of hydrogen-bond donors (Lipinski definition) is 1. The molecule has 0 atom stereocenters. The van der Waals surface area contributed by atoms with E-state index < -0.39 is 0 Å². The molecule has 1 aromatic heterocycles. The average molecular weight is 506 g/mol. The number of nitrogens with one attached hydrogen (secondary N) is 1. The molecule has 172 valence electrons. The summed E-state index contributed by atoms with van der Waals surface area (Å²) in [6.07, 6.45) is 3.56. The summed E-state index contributed by atoms with van der Waals surface area (Å²) in [5.41, 5.74) is 0.786. The minimum Gasteiger partial charge on any atom is -0.366 e. The zero-order valence-corrected chi connectivity index (χ0v) is 19.9. The largest absolute Gasteiger partial charge is 0.366 e. The van der Waals surface area contributed by atoms with Gasteiger partial charge in [0.25, 0.3) is 11.2 Å². The monoisotopic (exact) mass is 505 g/mol. The normalized spacial score (nSPS) is 18.7. The molecule has 3 heterocycles. The number of nitro groups is 1. The van der Waals surface area contributed by atoms with Gasteiger partial charge in [-0.3, -0.25) is 19.8 Å². The number of nitrogens with zero attached hydrogens (tertiary/aromatic N) is 6. The fourth-order valence-electron chi connectivity index (χ4n) is 4.46. The van der Waals surface area contributed by atoms with Crippen LogP contribution in [0.15, 0.2) is 33.8 Å². The van der Waals surface area contributed by atoms with Crippen LogP contribution in [0.3, 0.4) is 0 Å². The molecule has 1 aromatic carbocycles. The number of aryl methyl sites for hydroxylation is 1. The Kier molecular flexibility index (Phi) is 6.77. The molecule has 0 amide bonds. The van der Waals surface area contributed by atoms with Crippen molar-refractivity contribution in [3.8, 4) is 0 Å². The van der Waals surface area contributed by atoms with Crippen LogP contribution in [0.1, 0.15) is 12.8 Å². The Morgan fingerprint density at radius 3 is 2.47 bits per heavy atom. The zero-order chi connectivity index (χ0) is 22.8. The Hall–Kier alpha value is -2.50. The smallest absolute Gasteiger partial charge is 0.294 e. The van der Waals surface area contributed by atoms with Gasteiger partial charge in [0.05, 0.1) is 4.92 Å². The predicted octanol–water partition coefficient (Wildman–Crippen LogP) is 2.41. The first kappa shape index (κ1) is 22.7. The van der Waals surface area contributed by atoms with Crippen LogP contribution >= 0.6 is 15.9 Å². The number of anilines is 3. The number of rotatable bonds is 5. The van der Waals surface area contributed by atoms with Crippen molar-refractivity contribution in [1.29, 1.82) is 0 Å². The number of nitro benzene ring substituents is 1. The van der Waals surface area contributed by atoms with Gasteiger partial charge in [-0.05, 0) is 48.0 Å². The highest BCUT2D eigenvalue weighted by Gasteiger charge is 2.29. The number of aromatic nitrogens is 2. The summed E-state index contributed by atoms with van der Waals surface area (Å²) < 4.78 is 1.89. The molecule has 0 radical (unpaired) electrons. The van der Waals surface area contributed by atoms with Gasteiger partial charge in [0.15, 0.2) is 5.82 Å². The highest BCUT2D eigenvalue weighted by molar-refractivity contribution is 9.10. The molecule has 0 aliphatic carbocycles. The lowest BCUT2D eigenvalue weighted by molar-refractivity contribution is -0.384. The first-order chi connectivity index (χ1) is 15.3. The van der Waals surface area contributed by atoms with Crippen LogP contribution in [0.5, 0.6) is 0 Å². The van der Waals surface area contributed by atoms with Gasteiger partial charge < -0.3 is 19.7 Å². The maximum absolute atomic E-state index is 12.3. The Morgan fingerprint density at radius 1 is 1.12 bits per heavy atom. The highest BCUT2D eigenvalue weighted by atomic mass is 79.9. The van der Waals surface area contributed by atoms with Crippen LogP contribution < -0.4 is 15.8 Å². The molecule has 2 aliphatic rings. The van der Waals surface area contributed by atoms with Crippen molar-refractivity contribution in [2.24, 2.45) is 7.05 Å². The van der Waals surface area contributed by atoms with Gasteiger partial charge >= 0.3 is 0 Å². The van der Waals surface area contributed by atoms with E-state index in [1.54, 1.807) is 25.4 Å². The fourth-order valence-corrected chi connectivity index (χ4v) is 4.95. The quantitative estimate of drug-likeness (QED) is 0.488. The summed E-state index contributed by atoms with van der Waals surface area (Å²) in [5, 5.41) is 14.8. The van der Waals surface area contributed by atoms with Crippen LogP contribution in [0, 0.1) is 10.1 Å².